The molecule has 2 aromatic carbocycles. The highest BCUT2D eigenvalue weighted by molar-refractivity contribution is 7.92. The van der Waals surface area contributed by atoms with E-state index < -0.39 is 32.1 Å². The lowest BCUT2D eigenvalue weighted by Crippen LogP contribution is -2.48. The quantitative estimate of drug-likeness (QED) is 0.475. The molecule has 36 heavy (non-hydrogen) atoms. The van der Waals surface area contributed by atoms with E-state index >= 15 is 0 Å². The standard InChI is InChI=1S/C22H22ClN5O6S2/c1-13-10-14(2)25-22(24-13)27-36(32,33)17-7-5-16(6-8-17)26-21(29)20-12-28(35(3,30)31)18-11-15(23)4-9-19(18)34-20/h4-11,20H,12H2,1-3H3,(H,26,29)(H,24,25,27)/t20-/m0/s1. The van der Waals surface area contributed by atoms with Crippen LogP contribution in [0.2, 0.25) is 5.02 Å². The Labute approximate surface area is 213 Å². The fourth-order valence-corrected chi connectivity index (χ4v) is 5.58. The normalized spacial score (nSPS) is 15.6. The van der Waals surface area contributed by atoms with E-state index in [4.69, 9.17) is 16.3 Å². The smallest absolute Gasteiger partial charge is 0.267 e. The van der Waals surface area contributed by atoms with Crippen LogP contribution in [0.3, 0.4) is 0 Å². The van der Waals surface area contributed by atoms with Crippen molar-refractivity contribution in [2.24, 2.45) is 0 Å². The molecule has 11 nitrogen and oxygen atoms in total. The predicted octanol–water partition coefficient (Wildman–Crippen LogP) is 2.71. The largest absolute Gasteiger partial charge is 0.476 e. The summed E-state index contributed by atoms with van der Waals surface area (Å²) in [6, 6.07) is 11.6. The van der Waals surface area contributed by atoms with Crippen molar-refractivity contribution in [3.63, 3.8) is 0 Å². The van der Waals surface area contributed by atoms with Gasteiger partial charge in [-0.25, -0.2) is 31.5 Å². The zero-order chi connectivity index (χ0) is 26.3. The van der Waals surface area contributed by atoms with E-state index in [1.165, 1.54) is 42.5 Å². The van der Waals surface area contributed by atoms with Gasteiger partial charge in [-0.1, -0.05) is 11.6 Å². The summed E-state index contributed by atoms with van der Waals surface area (Å²) in [7, 11) is -7.69. The highest BCUT2D eigenvalue weighted by Gasteiger charge is 2.35. The SMILES string of the molecule is Cc1cc(C)nc(NS(=O)(=O)c2ccc(NC(=O)[C@@H]3CN(S(C)(=O)=O)c4cc(Cl)ccc4O3)cc2)n1. The van der Waals surface area contributed by atoms with Gasteiger partial charge in [-0.2, -0.15) is 0 Å². The van der Waals surface area contributed by atoms with Gasteiger partial charge in [-0.15, -0.1) is 0 Å². The number of aryl methyl sites for hydroxylation is 2. The minimum absolute atomic E-state index is 0.0451. The number of sulfonamides is 2. The molecule has 190 valence electrons. The molecule has 1 atom stereocenters. The molecular weight excluding hydrogens is 530 g/mol. The number of nitrogens with zero attached hydrogens (tertiary/aromatic N) is 3. The second-order valence-corrected chi connectivity index (χ2v) is 12.1. The number of hydrogen-bond donors (Lipinski definition) is 2. The Balaban J connectivity index is 1.49. The summed E-state index contributed by atoms with van der Waals surface area (Å²) in [5.41, 5.74) is 1.76. The fourth-order valence-electron chi connectivity index (χ4n) is 3.57. The molecule has 1 aromatic heterocycles. The van der Waals surface area contributed by atoms with E-state index in [1.807, 2.05) is 0 Å². The first-order valence-corrected chi connectivity index (χ1v) is 14.2. The molecule has 4 rings (SSSR count). The van der Waals surface area contributed by atoms with Crippen molar-refractivity contribution >= 4 is 54.9 Å². The van der Waals surface area contributed by atoms with Gasteiger partial charge in [0.25, 0.3) is 15.9 Å². The van der Waals surface area contributed by atoms with E-state index in [2.05, 4.69) is 20.0 Å². The van der Waals surface area contributed by atoms with Crippen molar-refractivity contribution < 1.29 is 26.4 Å². The molecule has 0 unspecified atom stereocenters. The van der Waals surface area contributed by atoms with Gasteiger partial charge < -0.3 is 10.1 Å². The van der Waals surface area contributed by atoms with Gasteiger partial charge in [0.15, 0.2) is 6.10 Å². The van der Waals surface area contributed by atoms with Crippen LogP contribution in [0.5, 0.6) is 5.75 Å². The molecule has 1 amide bonds. The monoisotopic (exact) mass is 551 g/mol. The summed E-state index contributed by atoms with van der Waals surface area (Å²) in [4.78, 5) is 21.0. The number of amides is 1. The number of aromatic nitrogens is 2. The Morgan fingerprint density at radius 1 is 1.03 bits per heavy atom. The number of rotatable bonds is 6. The lowest BCUT2D eigenvalue weighted by Gasteiger charge is -2.34. The summed E-state index contributed by atoms with van der Waals surface area (Å²) in [5.74, 6) is -0.463. The van der Waals surface area contributed by atoms with Gasteiger partial charge in [0.05, 0.1) is 23.4 Å². The third-order valence-electron chi connectivity index (χ3n) is 5.12. The summed E-state index contributed by atoms with van der Waals surface area (Å²) in [6.45, 7) is 3.19. The Morgan fingerprint density at radius 2 is 1.67 bits per heavy atom. The molecule has 0 bridgehead atoms. The molecule has 0 saturated heterocycles. The van der Waals surface area contributed by atoms with Crippen LogP contribution < -0.4 is 19.1 Å². The zero-order valence-electron chi connectivity index (χ0n) is 19.4. The fraction of sp³-hybridized carbons (Fsp3) is 0.227. The van der Waals surface area contributed by atoms with E-state index in [9.17, 15) is 21.6 Å². The number of anilines is 3. The molecule has 2 heterocycles. The average Bonchev–Trinajstić information content (AvgIpc) is 2.77. The second kappa shape index (κ2) is 9.56. The third-order valence-corrected chi connectivity index (χ3v) is 7.85. The van der Waals surface area contributed by atoms with Gasteiger partial charge >= 0.3 is 0 Å². The second-order valence-electron chi connectivity index (χ2n) is 8.11. The summed E-state index contributed by atoms with van der Waals surface area (Å²) < 4.78 is 59.1. The number of carbonyl (C=O) groups excluding carboxylic acids is 1. The molecule has 14 heteroatoms. The Kier molecular flexibility index (Phi) is 6.82. The first-order valence-electron chi connectivity index (χ1n) is 10.5. The van der Waals surface area contributed by atoms with Gasteiger partial charge in [0.2, 0.25) is 16.0 Å². The van der Waals surface area contributed by atoms with Gasteiger partial charge in [0, 0.05) is 22.1 Å². The number of carbonyl (C=O) groups is 1. The Bertz CT molecular complexity index is 1530. The number of nitrogens with one attached hydrogen (secondary N) is 2. The van der Waals surface area contributed by atoms with Crippen LogP contribution in [0, 0.1) is 13.8 Å². The molecule has 0 aliphatic carbocycles. The van der Waals surface area contributed by atoms with Gasteiger partial charge in [-0.05, 0) is 62.4 Å². The van der Waals surface area contributed by atoms with E-state index in [-0.39, 0.29) is 34.5 Å². The number of halogens is 1. The van der Waals surface area contributed by atoms with Crippen molar-refractivity contribution in [1.82, 2.24) is 9.97 Å². The molecule has 2 N–H and O–H groups in total. The predicted molar refractivity (Wildman–Crippen MR) is 135 cm³/mol. The summed E-state index contributed by atoms with van der Waals surface area (Å²) in [5, 5.41) is 2.94. The molecule has 0 radical (unpaired) electrons. The van der Waals surface area contributed by atoms with E-state index in [0.717, 1.165) is 10.6 Å². The van der Waals surface area contributed by atoms with Crippen LogP contribution in [0.15, 0.2) is 53.4 Å². The molecule has 0 saturated carbocycles. The van der Waals surface area contributed by atoms with Crippen LogP contribution in [0.1, 0.15) is 11.4 Å². The molecule has 1 aliphatic heterocycles. The Hall–Kier alpha value is -3.42. The first kappa shape index (κ1) is 25.7. The highest BCUT2D eigenvalue weighted by Crippen LogP contribution is 2.37. The maximum atomic E-state index is 12.9. The minimum Gasteiger partial charge on any atom is -0.476 e. The van der Waals surface area contributed by atoms with Crippen LogP contribution in [0.25, 0.3) is 0 Å². The molecule has 3 aromatic rings. The maximum Gasteiger partial charge on any atom is 0.267 e. The van der Waals surface area contributed by atoms with Crippen molar-refractivity contribution in [3.05, 3.63) is 64.9 Å². The van der Waals surface area contributed by atoms with Crippen LogP contribution in [0.4, 0.5) is 17.3 Å². The van der Waals surface area contributed by atoms with E-state index in [0.29, 0.717) is 16.4 Å². The average molecular weight is 552 g/mol. The van der Waals surface area contributed by atoms with Crippen LogP contribution in [-0.2, 0) is 24.8 Å². The van der Waals surface area contributed by atoms with Crippen molar-refractivity contribution in [2.75, 3.05) is 27.1 Å². The van der Waals surface area contributed by atoms with Crippen molar-refractivity contribution in [2.45, 2.75) is 24.8 Å². The number of fused-ring (bicyclic) bond motifs is 1. The summed E-state index contributed by atoms with van der Waals surface area (Å²) in [6.07, 6.45) is -0.131. The topological polar surface area (TPSA) is 148 Å². The number of benzene rings is 2. The van der Waals surface area contributed by atoms with E-state index in [1.54, 1.807) is 19.9 Å². The maximum absolute atomic E-state index is 12.9. The van der Waals surface area contributed by atoms with Gasteiger partial charge in [-0.3, -0.25) is 9.10 Å². The number of ether oxygens (including phenoxy) is 1. The zero-order valence-corrected chi connectivity index (χ0v) is 21.8. The highest BCUT2D eigenvalue weighted by atomic mass is 35.5. The molecule has 0 fully saturated rings. The molecule has 1 aliphatic rings. The lowest BCUT2D eigenvalue weighted by atomic mass is 10.2. The van der Waals surface area contributed by atoms with Crippen molar-refractivity contribution in [3.8, 4) is 5.75 Å². The van der Waals surface area contributed by atoms with Crippen LogP contribution in [-0.4, -0.2) is 51.6 Å². The molecular formula is C22H22ClN5O6S2. The molecule has 0 spiro atoms. The lowest BCUT2D eigenvalue weighted by molar-refractivity contribution is -0.122. The van der Waals surface area contributed by atoms with Crippen molar-refractivity contribution in [1.29, 1.82) is 0 Å². The number of hydrogen-bond acceptors (Lipinski definition) is 8. The summed E-state index contributed by atoms with van der Waals surface area (Å²) >= 11 is 5.99. The Morgan fingerprint density at radius 3 is 2.28 bits per heavy atom. The third kappa shape index (κ3) is 5.69. The minimum atomic E-state index is -3.97. The first-order chi connectivity index (χ1) is 16.8. The van der Waals surface area contributed by atoms with Gasteiger partial charge in [0.1, 0.15) is 5.75 Å². The van der Waals surface area contributed by atoms with Crippen LogP contribution >= 0.6 is 11.6 Å².